The highest BCUT2D eigenvalue weighted by Gasteiger charge is 2.10. The number of urea groups is 1. The number of anilines is 1. The second-order valence-corrected chi connectivity index (χ2v) is 6.52. The third-order valence-electron chi connectivity index (χ3n) is 3.47. The van der Waals surface area contributed by atoms with Gasteiger partial charge < -0.3 is 5.32 Å². The molecule has 7 nitrogen and oxygen atoms in total. The Hall–Kier alpha value is -2.74. The molecular formula is C16H18N6OS. The van der Waals surface area contributed by atoms with Gasteiger partial charge in [0.05, 0.1) is 12.2 Å². The average Bonchev–Trinajstić information content (AvgIpc) is 3.13. The number of hydrogen-bond donors (Lipinski definition) is 2. The van der Waals surface area contributed by atoms with E-state index in [1.54, 1.807) is 10.9 Å². The molecule has 8 heteroatoms. The first-order valence-electron chi connectivity index (χ1n) is 7.45. The number of carbonyl (C=O) groups excluding carboxylic acids is 1. The first-order valence-corrected chi connectivity index (χ1v) is 8.27. The van der Waals surface area contributed by atoms with Gasteiger partial charge in [0.1, 0.15) is 5.01 Å². The van der Waals surface area contributed by atoms with E-state index in [-0.39, 0.29) is 6.03 Å². The highest BCUT2D eigenvalue weighted by atomic mass is 32.1. The van der Waals surface area contributed by atoms with Crippen molar-refractivity contribution in [3.63, 3.8) is 0 Å². The van der Waals surface area contributed by atoms with Gasteiger partial charge in [0.15, 0.2) is 0 Å². The van der Waals surface area contributed by atoms with Crippen molar-refractivity contribution in [1.82, 2.24) is 25.3 Å². The Labute approximate surface area is 143 Å². The SMILES string of the molecule is Cc1cc(C)cc(-c2nnc(NC(=O)NCc3ccnn3C)s2)c1. The Morgan fingerprint density at radius 3 is 2.62 bits per heavy atom. The van der Waals surface area contributed by atoms with E-state index in [2.05, 4.69) is 44.1 Å². The number of rotatable bonds is 4. The molecule has 0 unspecified atom stereocenters. The lowest BCUT2D eigenvalue weighted by Crippen LogP contribution is -2.28. The summed E-state index contributed by atoms with van der Waals surface area (Å²) in [7, 11) is 1.83. The molecule has 2 amide bonds. The van der Waals surface area contributed by atoms with Gasteiger partial charge in [-0.3, -0.25) is 10.00 Å². The summed E-state index contributed by atoms with van der Waals surface area (Å²) < 4.78 is 1.71. The van der Waals surface area contributed by atoms with Crippen molar-refractivity contribution in [2.24, 2.45) is 7.05 Å². The van der Waals surface area contributed by atoms with Crippen LogP contribution in [0.15, 0.2) is 30.5 Å². The molecule has 0 aliphatic heterocycles. The maximum Gasteiger partial charge on any atom is 0.321 e. The standard InChI is InChI=1S/C16H18N6OS/c1-10-6-11(2)8-12(7-10)14-20-21-16(24-14)19-15(23)17-9-13-4-5-18-22(13)3/h4-8H,9H2,1-3H3,(H2,17,19,21,23). The van der Waals surface area contributed by atoms with Crippen LogP contribution in [0.5, 0.6) is 0 Å². The van der Waals surface area contributed by atoms with Gasteiger partial charge in [0.25, 0.3) is 0 Å². The molecular weight excluding hydrogens is 324 g/mol. The van der Waals surface area contributed by atoms with Gasteiger partial charge in [-0.2, -0.15) is 5.10 Å². The Morgan fingerprint density at radius 1 is 1.21 bits per heavy atom. The molecule has 1 aromatic carbocycles. The van der Waals surface area contributed by atoms with Crippen LogP contribution in [0.3, 0.4) is 0 Å². The smallest absolute Gasteiger partial charge is 0.321 e. The predicted octanol–water partition coefficient (Wildman–Crippen LogP) is 2.88. The molecule has 0 saturated heterocycles. The number of aromatic nitrogens is 4. The quantitative estimate of drug-likeness (QED) is 0.763. The summed E-state index contributed by atoms with van der Waals surface area (Å²) in [6, 6.07) is 7.75. The molecule has 124 valence electrons. The fourth-order valence-corrected chi connectivity index (χ4v) is 3.10. The van der Waals surface area contributed by atoms with E-state index in [4.69, 9.17) is 0 Å². The number of aryl methyl sites for hydroxylation is 3. The van der Waals surface area contributed by atoms with Crippen molar-refractivity contribution < 1.29 is 4.79 Å². The lowest BCUT2D eigenvalue weighted by Gasteiger charge is -2.05. The Bertz CT molecular complexity index is 849. The lowest BCUT2D eigenvalue weighted by atomic mass is 10.1. The van der Waals surface area contributed by atoms with Crippen LogP contribution in [-0.2, 0) is 13.6 Å². The summed E-state index contributed by atoms with van der Waals surface area (Å²) in [4.78, 5) is 12.0. The maximum atomic E-state index is 12.0. The highest BCUT2D eigenvalue weighted by molar-refractivity contribution is 7.18. The largest absolute Gasteiger partial charge is 0.332 e. The zero-order valence-corrected chi connectivity index (χ0v) is 14.5. The van der Waals surface area contributed by atoms with Crippen LogP contribution < -0.4 is 10.6 Å². The van der Waals surface area contributed by atoms with Crippen molar-refractivity contribution in [2.45, 2.75) is 20.4 Å². The van der Waals surface area contributed by atoms with Crippen LogP contribution in [0.1, 0.15) is 16.8 Å². The van der Waals surface area contributed by atoms with Crippen molar-refractivity contribution in [1.29, 1.82) is 0 Å². The highest BCUT2D eigenvalue weighted by Crippen LogP contribution is 2.27. The first-order chi connectivity index (χ1) is 11.5. The maximum absolute atomic E-state index is 12.0. The first kappa shape index (κ1) is 16.1. The molecule has 0 radical (unpaired) electrons. The number of benzene rings is 1. The molecule has 24 heavy (non-hydrogen) atoms. The second-order valence-electron chi connectivity index (χ2n) is 5.54. The molecule has 0 bridgehead atoms. The van der Waals surface area contributed by atoms with E-state index in [1.165, 1.54) is 22.5 Å². The fraction of sp³-hybridized carbons (Fsp3) is 0.250. The zero-order valence-electron chi connectivity index (χ0n) is 13.7. The summed E-state index contributed by atoms with van der Waals surface area (Å²) in [6.07, 6.45) is 1.69. The number of hydrogen-bond acceptors (Lipinski definition) is 5. The van der Waals surface area contributed by atoms with Crippen molar-refractivity contribution >= 4 is 22.5 Å². The monoisotopic (exact) mass is 342 g/mol. The minimum atomic E-state index is -0.320. The summed E-state index contributed by atoms with van der Waals surface area (Å²) in [5.41, 5.74) is 4.26. The summed E-state index contributed by atoms with van der Waals surface area (Å²) in [5, 5.41) is 19.0. The molecule has 0 spiro atoms. The van der Waals surface area contributed by atoms with E-state index >= 15 is 0 Å². The van der Waals surface area contributed by atoms with Gasteiger partial charge in [-0.25, -0.2) is 4.79 Å². The molecule has 3 aromatic rings. The molecule has 0 aliphatic rings. The third kappa shape index (κ3) is 3.77. The van der Waals surface area contributed by atoms with Gasteiger partial charge in [-0.05, 0) is 32.0 Å². The van der Waals surface area contributed by atoms with Crippen LogP contribution in [0.25, 0.3) is 10.6 Å². The summed E-state index contributed by atoms with van der Waals surface area (Å²) in [6.45, 7) is 4.48. The predicted molar refractivity (Wildman–Crippen MR) is 93.9 cm³/mol. The molecule has 0 fully saturated rings. The van der Waals surface area contributed by atoms with Crippen molar-refractivity contribution in [3.8, 4) is 10.6 Å². The van der Waals surface area contributed by atoms with Crippen LogP contribution in [0.4, 0.5) is 9.93 Å². The van der Waals surface area contributed by atoms with Gasteiger partial charge in [0.2, 0.25) is 5.13 Å². The fourth-order valence-electron chi connectivity index (χ4n) is 2.38. The molecule has 2 N–H and O–H groups in total. The molecule has 0 saturated carbocycles. The summed E-state index contributed by atoms with van der Waals surface area (Å²) >= 11 is 1.35. The average molecular weight is 342 g/mol. The Kier molecular flexibility index (Phi) is 4.57. The second kappa shape index (κ2) is 6.79. The van der Waals surface area contributed by atoms with E-state index in [0.29, 0.717) is 11.7 Å². The number of nitrogens with one attached hydrogen (secondary N) is 2. The van der Waals surface area contributed by atoms with Crippen LogP contribution >= 0.6 is 11.3 Å². The molecule has 3 rings (SSSR count). The number of amides is 2. The van der Waals surface area contributed by atoms with Crippen molar-refractivity contribution in [3.05, 3.63) is 47.3 Å². The molecule has 2 heterocycles. The van der Waals surface area contributed by atoms with Gasteiger partial charge in [0, 0.05) is 18.8 Å². The topological polar surface area (TPSA) is 84.7 Å². The lowest BCUT2D eigenvalue weighted by molar-refractivity contribution is 0.251. The minimum Gasteiger partial charge on any atom is -0.332 e. The van der Waals surface area contributed by atoms with Gasteiger partial charge in [-0.15, -0.1) is 10.2 Å². The number of nitrogens with zero attached hydrogens (tertiary/aromatic N) is 4. The van der Waals surface area contributed by atoms with Gasteiger partial charge in [-0.1, -0.05) is 28.5 Å². The van der Waals surface area contributed by atoms with Gasteiger partial charge >= 0.3 is 6.03 Å². The minimum absolute atomic E-state index is 0.320. The van der Waals surface area contributed by atoms with Crippen LogP contribution in [0.2, 0.25) is 0 Å². The van der Waals surface area contributed by atoms with E-state index in [9.17, 15) is 4.79 Å². The normalized spacial score (nSPS) is 10.6. The molecule has 0 aliphatic carbocycles. The third-order valence-corrected chi connectivity index (χ3v) is 4.35. The van der Waals surface area contributed by atoms with E-state index in [0.717, 1.165) is 16.3 Å². The Morgan fingerprint density at radius 2 is 1.96 bits per heavy atom. The van der Waals surface area contributed by atoms with Crippen molar-refractivity contribution in [2.75, 3.05) is 5.32 Å². The molecule has 0 atom stereocenters. The summed E-state index contributed by atoms with van der Waals surface area (Å²) in [5.74, 6) is 0. The zero-order chi connectivity index (χ0) is 17.1. The Balaban J connectivity index is 1.63. The number of carbonyl (C=O) groups is 1. The van der Waals surface area contributed by atoms with E-state index < -0.39 is 0 Å². The molecule has 2 aromatic heterocycles. The van der Waals surface area contributed by atoms with Crippen LogP contribution in [-0.4, -0.2) is 26.0 Å². The van der Waals surface area contributed by atoms with Crippen LogP contribution in [0, 0.1) is 13.8 Å². The van der Waals surface area contributed by atoms with E-state index in [1.807, 2.05) is 27.0 Å².